The molecule has 0 saturated carbocycles. The number of aliphatic hydroxyl groups is 1. The fourth-order valence-corrected chi connectivity index (χ4v) is 0.842. The predicted octanol–water partition coefficient (Wildman–Crippen LogP) is 0.407. The van der Waals surface area contributed by atoms with Gasteiger partial charge in [-0.25, -0.2) is 0 Å². The minimum absolute atomic E-state index is 0.0735. The molecular formula is C8H12N2O2. The lowest BCUT2D eigenvalue weighted by Gasteiger charge is -1.94. The summed E-state index contributed by atoms with van der Waals surface area (Å²) in [6, 6.07) is 0.138. The number of nitrogens with zero attached hydrogens (tertiary/aromatic N) is 1. The Balaban J connectivity index is 2.74. The van der Waals surface area contributed by atoms with Crippen LogP contribution in [0.1, 0.15) is 13.8 Å². The second-order valence-corrected chi connectivity index (χ2v) is 2.91. The van der Waals surface area contributed by atoms with Crippen molar-refractivity contribution in [2.24, 2.45) is 4.99 Å². The van der Waals surface area contributed by atoms with Crippen LogP contribution in [0.3, 0.4) is 0 Å². The van der Waals surface area contributed by atoms with Crippen LogP contribution in [0.5, 0.6) is 0 Å². The number of carbonyl (C=O) groups is 1. The minimum atomic E-state index is -0.253. The summed E-state index contributed by atoms with van der Waals surface area (Å²) in [5, 5.41) is 11.7. The molecule has 0 aromatic carbocycles. The largest absolute Gasteiger partial charge is 0.510 e. The fraction of sp³-hybridized carbons (Fsp3) is 0.500. The summed E-state index contributed by atoms with van der Waals surface area (Å²) in [5.41, 5.74) is 0.281. The van der Waals surface area contributed by atoms with Gasteiger partial charge in [-0.1, -0.05) is 0 Å². The molecule has 1 rings (SSSR count). The van der Waals surface area contributed by atoms with Crippen molar-refractivity contribution in [3.05, 3.63) is 11.3 Å². The number of aliphatic hydroxyl groups excluding tert-OH is 1. The van der Waals surface area contributed by atoms with Crippen molar-refractivity contribution in [1.29, 1.82) is 0 Å². The first-order chi connectivity index (χ1) is 5.61. The topological polar surface area (TPSA) is 61.7 Å². The first-order valence-corrected chi connectivity index (χ1v) is 3.84. The molecule has 1 amide bonds. The Morgan fingerprint density at radius 2 is 2.33 bits per heavy atom. The molecule has 0 fully saturated rings. The number of carbonyl (C=O) groups excluding carboxylic acids is 1. The normalized spacial score (nSPS) is 18.1. The third kappa shape index (κ3) is 1.84. The zero-order valence-corrected chi connectivity index (χ0v) is 7.16. The van der Waals surface area contributed by atoms with Crippen LogP contribution in [0.15, 0.2) is 16.3 Å². The van der Waals surface area contributed by atoms with Gasteiger partial charge in [-0.2, -0.15) is 0 Å². The van der Waals surface area contributed by atoms with Crippen LogP contribution in [0, 0.1) is 0 Å². The summed E-state index contributed by atoms with van der Waals surface area (Å²) >= 11 is 0. The van der Waals surface area contributed by atoms with Crippen LogP contribution >= 0.6 is 0 Å². The number of nitrogens with one attached hydrogen (secondary N) is 1. The van der Waals surface area contributed by atoms with Crippen molar-refractivity contribution < 1.29 is 9.90 Å². The second-order valence-electron chi connectivity index (χ2n) is 2.91. The molecule has 0 atom stereocenters. The lowest BCUT2D eigenvalue weighted by molar-refractivity contribution is -0.116. The minimum Gasteiger partial charge on any atom is -0.510 e. The Kier molecular flexibility index (Phi) is 2.47. The average Bonchev–Trinajstić information content (AvgIpc) is 2.28. The smallest absolute Gasteiger partial charge is 0.256 e. The van der Waals surface area contributed by atoms with Crippen LogP contribution in [-0.4, -0.2) is 29.8 Å². The summed E-state index contributed by atoms with van der Waals surface area (Å²) in [6.07, 6.45) is 1.42. The van der Waals surface area contributed by atoms with E-state index in [0.717, 1.165) is 0 Å². The van der Waals surface area contributed by atoms with Crippen molar-refractivity contribution in [2.45, 2.75) is 19.9 Å². The van der Waals surface area contributed by atoms with Crippen molar-refractivity contribution in [2.75, 3.05) is 6.54 Å². The highest BCUT2D eigenvalue weighted by atomic mass is 16.3. The van der Waals surface area contributed by atoms with Crippen LogP contribution in [0.2, 0.25) is 0 Å². The van der Waals surface area contributed by atoms with Gasteiger partial charge < -0.3 is 10.4 Å². The van der Waals surface area contributed by atoms with E-state index in [0.29, 0.717) is 0 Å². The Morgan fingerprint density at radius 1 is 1.67 bits per heavy atom. The Morgan fingerprint density at radius 3 is 2.75 bits per heavy atom. The lowest BCUT2D eigenvalue weighted by Crippen LogP contribution is -2.18. The molecule has 2 N–H and O–H groups in total. The highest BCUT2D eigenvalue weighted by molar-refractivity contribution is 6.14. The van der Waals surface area contributed by atoms with Crippen LogP contribution in [-0.2, 0) is 4.79 Å². The first kappa shape index (κ1) is 8.77. The highest BCUT2D eigenvalue weighted by Gasteiger charge is 2.19. The summed E-state index contributed by atoms with van der Waals surface area (Å²) in [4.78, 5) is 15.0. The predicted molar refractivity (Wildman–Crippen MR) is 46.3 cm³/mol. The molecule has 12 heavy (non-hydrogen) atoms. The summed E-state index contributed by atoms with van der Waals surface area (Å²) in [5.74, 6) is -0.179. The molecular weight excluding hydrogens is 156 g/mol. The molecule has 0 radical (unpaired) electrons. The first-order valence-electron chi connectivity index (χ1n) is 3.84. The third-order valence-electron chi connectivity index (χ3n) is 1.47. The van der Waals surface area contributed by atoms with Crippen LogP contribution < -0.4 is 5.32 Å². The van der Waals surface area contributed by atoms with Gasteiger partial charge in [0.25, 0.3) is 5.91 Å². The van der Waals surface area contributed by atoms with Gasteiger partial charge in [0, 0.05) is 12.3 Å². The molecule has 0 aromatic heterocycles. The van der Waals surface area contributed by atoms with E-state index < -0.39 is 0 Å². The van der Waals surface area contributed by atoms with Gasteiger partial charge in [-0.05, 0) is 13.8 Å². The molecule has 0 spiro atoms. The van der Waals surface area contributed by atoms with Crippen LogP contribution in [0.25, 0.3) is 0 Å². The highest BCUT2D eigenvalue weighted by Crippen LogP contribution is 2.05. The monoisotopic (exact) mass is 168 g/mol. The van der Waals surface area contributed by atoms with Gasteiger partial charge in [-0.15, -0.1) is 0 Å². The molecule has 1 aliphatic heterocycles. The van der Waals surface area contributed by atoms with E-state index in [-0.39, 0.29) is 29.8 Å². The zero-order chi connectivity index (χ0) is 9.14. The number of hydrogen-bond acceptors (Lipinski definition) is 3. The van der Waals surface area contributed by atoms with E-state index in [1.165, 1.54) is 6.21 Å². The van der Waals surface area contributed by atoms with Gasteiger partial charge in [-0.3, -0.25) is 9.79 Å². The van der Waals surface area contributed by atoms with Crippen molar-refractivity contribution in [3.8, 4) is 0 Å². The molecule has 1 aliphatic rings. The third-order valence-corrected chi connectivity index (χ3v) is 1.47. The molecule has 0 saturated heterocycles. The molecule has 0 aliphatic carbocycles. The summed E-state index contributed by atoms with van der Waals surface area (Å²) < 4.78 is 0. The molecule has 0 unspecified atom stereocenters. The van der Waals surface area contributed by atoms with E-state index in [4.69, 9.17) is 0 Å². The van der Waals surface area contributed by atoms with E-state index in [2.05, 4.69) is 10.3 Å². The van der Waals surface area contributed by atoms with E-state index in [9.17, 15) is 9.90 Å². The maximum absolute atomic E-state index is 11.0. The quantitative estimate of drug-likeness (QED) is 0.586. The van der Waals surface area contributed by atoms with Gasteiger partial charge in [0.05, 0.1) is 12.1 Å². The van der Waals surface area contributed by atoms with Gasteiger partial charge in [0.1, 0.15) is 5.76 Å². The molecule has 0 bridgehead atoms. The molecule has 66 valence electrons. The SMILES string of the molecule is CC(C)N=CC1=C(O)CNC1=O. The molecule has 4 nitrogen and oxygen atoms in total. The van der Waals surface area contributed by atoms with E-state index >= 15 is 0 Å². The lowest BCUT2D eigenvalue weighted by atomic mass is 10.3. The zero-order valence-electron chi connectivity index (χ0n) is 7.16. The number of amides is 1. The molecule has 1 heterocycles. The molecule has 0 aromatic rings. The fourth-order valence-electron chi connectivity index (χ4n) is 0.842. The van der Waals surface area contributed by atoms with Crippen molar-refractivity contribution in [1.82, 2.24) is 5.32 Å². The Hall–Kier alpha value is -1.32. The van der Waals surface area contributed by atoms with Gasteiger partial charge in [0.15, 0.2) is 0 Å². The van der Waals surface area contributed by atoms with Crippen molar-refractivity contribution >= 4 is 12.1 Å². The Labute approximate surface area is 71.0 Å². The Bertz CT molecular complexity index is 254. The molecule has 4 heteroatoms. The van der Waals surface area contributed by atoms with Gasteiger partial charge >= 0.3 is 0 Å². The van der Waals surface area contributed by atoms with E-state index in [1.807, 2.05) is 13.8 Å². The van der Waals surface area contributed by atoms with Crippen LogP contribution in [0.4, 0.5) is 0 Å². The average molecular weight is 168 g/mol. The maximum atomic E-state index is 11.0. The standard InChI is InChI=1S/C8H12N2O2/c1-5(2)9-3-6-7(11)4-10-8(6)12/h3,5,11H,4H2,1-2H3,(H,10,12). The number of hydrogen-bond donors (Lipinski definition) is 2. The van der Waals surface area contributed by atoms with Crippen molar-refractivity contribution in [3.63, 3.8) is 0 Å². The maximum Gasteiger partial charge on any atom is 0.256 e. The number of rotatable bonds is 2. The van der Waals surface area contributed by atoms with Gasteiger partial charge in [0.2, 0.25) is 0 Å². The summed E-state index contributed by atoms with van der Waals surface area (Å²) in [7, 11) is 0. The van der Waals surface area contributed by atoms with E-state index in [1.54, 1.807) is 0 Å². The second kappa shape index (κ2) is 3.38. The number of aliphatic imine (C=N–C) groups is 1. The summed E-state index contributed by atoms with van der Waals surface area (Å²) in [6.45, 7) is 4.03.